The number of carbonyl (C=O) groups is 1. The van der Waals surface area contributed by atoms with Gasteiger partial charge in [0.25, 0.3) is 0 Å². The zero-order chi connectivity index (χ0) is 17.2. The molecule has 0 aliphatic rings. The highest BCUT2D eigenvalue weighted by molar-refractivity contribution is 6.30. The molecule has 23 heavy (non-hydrogen) atoms. The van der Waals surface area contributed by atoms with E-state index in [9.17, 15) is 4.79 Å². The monoisotopic (exact) mass is 338 g/mol. The second-order valence-electron chi connectivity index (χ2n) is 6.45. The molecule has 0 aliphatic heterocycles. The summed E-state index contributed by atoms with van der Waals surface area (Å²) in [4.78, 5) is 14.8. The van der Waals surface area contributed by atoms with Crippen molar-refractivity contribution >= 4 is 17.5 Å². The molecule has 1 N–H and O–H groups in total. The Labute approximate surface area is 146 Å². The lowest BCUT2D eigenvalue weighted by atomic mass is 9.96. The summed E-state index contributed by atoms with van der Waals surface area (Å²) in [6.45, 7) is 5.19. The molecule has 0 saturated heterocycles. The quantitative estimate of drug-likeness (QED) is 0.672. The highest BCUT2D eigenvalue weighted by Gasteiger charge is 2.20. The van der Waals surface area contributed by atoms with E-state index in [0.29, 0.717) is 0 Å². The molecule has 0 spiro atoms. The van der Waals surface area contributed by atoms with Crippen molar-refractivity contribution in [1.82, 2.24) is 10.2 Å². The van der Waals surface area contributed by atoms with Crippen molar-refractivity contribution in [2.24, 2.45) is 5.92 Å². The third kappa shape index (κ3) is 7.36. The SMILES string of the molecule is CCCCC(CC)C(=O)NC(CCN(C)C)c1ccc(Cl)cc1. The fourth-order valence-electron chi connectivity index (χ4n) is 2.67. The van der Waals surface area contributed by atoms with Crippen molar-refractivity contribution in [3.05, 3.63) is 34.9 Å². The van der Waals surface area contributed by atoms with Crippen molar-refractivity contribution < 1.29 is 4.79 Å². The predicted molar refractivity (Wildman–Crippen MR) is 98.8 cm³/mol. The Balaban J connectivity index is 2.78. The van der Waals surface area contributed by atoms with Crippen LogP contribution in [0.15, 0.2) is 24.3 Å². The van der Waals surface area contributed by atoms with E-state index >= 15 is 0 Å². The van der Waals surface area contributed by atoms with Gasteiger partial charge in [0.05, 0.1) is 6.04 Å². The van der Waals surface area contributed by atoms with E-state index in [-0.39, 0.29) is 17.9 Å². The van der Waals surface area contributed by atoms with E-state index in [2.05, 4.69) is 38.2 Å². The number of unbranched alkanes of at least 4 members (excludes halogenated alkanes) is 1. The summed E-state index contributed by atoms with van der Waals surface area (Å²) in [5.74, 6) is 0.295. The lowest BCUT2D eigenvalue weighted by Gasteiger charge is -2.24. The molecule has 4 heteroatoms. The zero-order valence-corrected chi connectivity index (χ0v) is 15.7. The molecule has 0 saturated carbocycles. The standard InChI is InChI=1S/C19H31ClN2O/c1-5-7-8-15(6-2)19(23)21-18(13-14-22(3)4)16-9-11-17(20)12-10-16/h9-12,15,18H,5-8,13-14H2,1-4H3,(H,21,23). The van der Waals surface area contributed by atoms with Crippen LogP contribution >= 0.6 is 11.6 Å². The lowest BCUT2D eigenvalue weighted by molar-refractivity contribution is -0.126. The number of benzene rings is 1. The molecule has 1 amide bonds. The minimum Gasteiger partial charge on any atom is -0.349 e. The molecule has 0 fully saturated rings. The summed E-state index contributed by atoms with van der Waals surface area (Å²) in [6.07, 6.45) is 5.00. The van der Waals surface area contributed by atoms with Crippen LogP contribution in [0.2, 0.25) is 5.02 Å². The lowest BCUT2D eigenvalue weighted by Crippen LogP contribution is -2.35. The minimum absolute atomic E-state index is 0.0397. The topological polar surface area (TPSA) is 32.3 Å². The van der Waals surface area contributed by atoms with E-state index in [1.165, 1.54) is 0 Å². The molecule has 2 atom stereocenters. The Morgan fingerprint density at radius 1 is 1.17 bits per heavy atom. The molecule has 0 heterocycles. The number of halogens is 1. The van der Waals surface area contributed by atoms with Gasteiger partial charge in [0.1, 0.15) is 0 Å². The van der Waals surface area contributed by atoms with E-state index in [4.69, 9.17) is 11.6 Å². The van der Waals surface area contributed by atoms with Crippen molar-refractivity contribution in [3.63, 3.8) is 0 Å². The van der Waals surface area contributed by atoms with Gasteiger partial charge in [-0.3, -0.25) is 4.79 Å². The molecule has 3 nitrogen and oxygen atoms in total. The highest BCUT2D eigenvalue weighted by atomic mass is 35.5. The molecular weight excluding hydrogens is 308 g/mol. The van der Waals surface area contributed by atoms with Crippen LogP contribution in [-0.2, 0) is 4.79 Å². The number of carbonyl (C=O) groups excluding carboxylic acids is 1. The normalized spacial score (nSPS) is 13.8. The van der Waals surface area contributed by atoms with Gasteiger partial charge in [-0.2, -0.15) is 0 Å². The van der Waals surface area contributed by atoms with E-state index in [1.54, 1.807) is 0 Å². The molecule has 130 valence electrons. The first-order valence-corrected chi connectivity index (χ1v) is 9.06. The van der Waals surface area contributed by atoms with Gasteiger partial charge in [0, 0.05) is 10.9 Å². The third-order valence-electron chi connectivity index (χ3n) is 4.22. The molecule has 0 radical (unpaired) electrons. The Bertz CT molecular complexity index is 459. The van der Waals surface area contributed by atoms with E-state index in [1.807, 2.05) is 24.3 Å². The maximum atomic E-state index is 12.6. The van der Waals surface area contributed by atoms with Crippen LogP contribution in [0.1, 0.15) is 57.6 Å². The third-order valence-corrected chi connectivity index (χ3v) is 4.48. The van der Waals surface area contributed by atoms with Crippen LogP contribution in [0.25, 0.3) is 0 Å². The summed E-state index contributed by atoms with van der Waals surface area (Å²) in [5, 5.41) is 3.98. The van der Waals surface area contributed by atoms with Crippen molar-refractivity contribution in [1.29, 1.82) is 0 Å². The fraction of sp³-hybridized carbons (Fsp3) is 0.632. The molecule has 1 rings (SSSR count). The fourth-order valence-corrected chi connectivity index (χ4v) is 2.79. The van der Waals surface area contributed by atoms with Crippen LogP contribution in [0.4, 0.5) is 0 Å². The molecule has 0 bridgehead atoms. The summed E-state index contributed by atoms with van der Waals surface area (Å²) in [5.41, 5.74) is 1.12. The number of nitrogens with zero attached hydrogens (tertiary/aromatic N) is 1. The van der Waals surface area contributed by atoms with Gasteiger partial charge in [0.2, 0.25) is 5.91 Å². The number of nitrogens with one attached hydrogen (secondary N) is 1. The van der Waals surface area contributed by atoms with E-state index in [0.717, 1.165) is 49.2 Å². The first-order valence-electron chi connectivity index (χ1n) is 8.68. The van der Waals surface area contributed by atoms with Gasteiger partial charge < -0.3 is 10.2 Å². The van der Waals surface area contributed by atoms with Crippen LogP contribution < -0.4 is 5.32 Å². The van der Waals surface area contributed by atoms with Crippen LogP contribution in [0, 0.1) is 5.92 Å². The second-order valence-corrected chi connectivity index (χ2v) is 6.89. The van der Waals surface area contributed by atoms with E-state index < -0.39 is 0 Å². The van der Waals surface area contributed by atoms with Crippen molar-refractivity contribution in [2.45, 2.75) is 52.0 Å². The van der Waals surface area contributed by atoms with Crippen molar-refractivity contribution in [2.75, 3.05) is 20.6 Å². The maximum Gasteiger partial charge on any atom is 0.223 e. The predicted octanol–water partition coefficient (Wildman–Crippen LogP) is 4.67. The highest BCUT2D eigenvalue weighted by Crippen LogP contribution is 2.22. The Morgan fingerprint density at radius 2 is 1.83 bits per heavy atom. The minimum atomic E-state index is 0.0397. The largest absolute Gasteiger partial charge is 0.349 e. The molecule has 1 aromatic rings. The Hall–Kier alpha value is -1.06. The average molecular weight is 339 g/mol. The summed E-state index contributed by atoms with van der Waals surface area (Å²) in [6, 6.07) is 7.84. The number of amides is 1. The van der Waals surface area contributed by atoms with Gasteiger partial charge in [-0.25, -0.2) is 0 Å². The zero-order valence-electron chi connectivity index (χ0n) is 14.9. The number of rotatable bonds is 10. The first-order chi connectivity index (χ1) is 11.0. The van der Waals surface area contributed by atoms with Gasteiger partial charge in [0.15, 0.2) is 0 Å². The van der Waals surface area contributed by atoms with Crippen LogP contribution in [0.3, 0.4) is 0 Å². The van der Waals surface area contributed by atoms with Crippen LogP contribution in [0.5, 0.6) is 0 Å². The van der Waals surface area contributed by atoms with Gasteiger partial charge in [-0.15, -0.1) is 0 Å². The first kappa shape index (κ1) is 20.0. The van der Waals surface area contributed by atoms with Gasteiger partial charge >= 0.3 is 0 Å². The molecule has 0 aromatic heterocycles. The summed E-state index contributed by atoms with van der Waals surface area (Å²) < 4.78 is 0. The Kier molecular flexibility index (Phi) is 9.27. The van der Waals surface area contributed by atoms with Crippen molar-refractivity contribution in [3.8, 4) is 0 Å². The Morgan fingerprint density at radius 3 is 2.35 bits per heavy atom. The summed E-state index contributed by atoms with van der Waals surface area (Å²) >= 11 is 5.98. The number of hydrogen-bond acceptors (Lipinski definition) is 2. The maximum absolute atomic E-state index is 12.6. The smallest absolute Gasteiger partial charge is 0.223 e. The number of hydrogen-bond donors (Lipinski definition) is 1. The average Bonchev–Trinajstić information content (AvgIpc) is 2.52. The van der Waals surface area contributed by atoms with Gasteiger partial charge in [-0.05, 0) is 57.6 Å². The molecule has 1 aromatic carbocycles. The molecule has 2 unspecified atom stereocenters. The summed E-state index contributed by atoms with van der Waals surface area (Å²) in [7, 11) is 4.10. The van der Waals surface area contributed by atoms with Crippen LogP contribution in [-0.4, -0.2) is 31.4 Å². The van der Waals surface area contributed by atoms with Gasteiger partial charge in [-0.1, -0.05) is 50.4 Å². The molecular formula is C19H31ClN2O. The second kappa shape index (κ2) is 10.7. The molecule has 0 aliphatic carbocycles.